The number of benzene rings is 2. The number of carbonyl (C=O) groups is 2. The zero-order chi connectivity index (χ0) is 24.0. The lowest BCUT2D eigenvalue weighted by Gasteiger charge is -2.44. The second-order valence-corrected chi connectivity index (χ2v) is 8.19. The number of hydrogen-bond acceptors (Lipinski definition) is 4. The van der Waals surface area contributed by atoms with E-state index in [0.717, 1.165) is 0 Å². The molecule has 0 aliphatic carbocycles. The second kappa shape index (κ2) is 8.40. The Labute approximate surface area is 195 Å². The van der Waals surface area contributed by atoms with Crippen molar-refractivity contribution >= 4 is 35.0 Å². The Morgan fingerprint density at radius 3 is 2.36 bits per heavy atom. The number of urea groups is 1. The zero-order valence-corrected chi connectivity index (χ0v) is 18.0. The number of hydrogen-bond donors (Lipinski definition) is 3. The van der Waals surface area contributed by atoms with Gasteiger partial charge in [0.05, 0.1) is 10.0 Å². The monoisotopic (exact) mass is 498 g/mol. The summed E-state index contributed by atoms with van der Waals surface area (Å²) < 4.78 is 47.6. The number of ketones is 1. The molecule has 1 aromatic heterocycles. The summed E-state index contributed by atoms with van der Waals surface area (Å²) in [5, 5.41) is 14.9. The molecule has 0 bridgehead atoms. The lowest BCUT2D eigenvalue weighted by atomic mass is 9.79. The molecule has 2 amide bonds. The number of halogens is 5. The van der Waals surface area contributed by atoms with Crippen LogP contribution in [0.4, 0.5) is 18.0 Å². The topological polar surface area (TPSA) is 91.6 Å². The number of alkyl halides is 3. The van der Waals surface area contributed by atoms with Gasteiger partial charge in [0, 0.05) is 11.1 Å². The molecule has 6 nitrogen and oxygen atoms in total. The van der Waals surface area contributed by atoms with E-state index in [0.29, 0.717) is 10.6 Å². The summed E-state index contributed by atoms with van der Waals surface area (Å²) in [7, 11) is 0. The third-order valence-corrected chi connectivity index (χ3v) is 6.02. The van der Waals surface area contributed by atoms with Gasteiger partial charge in [-0.25, -0.2) is 4.79 Å². The minimum absolute atomic E-state index is 0.0793. The largest absolute Gasteiger partial charge is 0.459 e. The SMILES string of the molecule is O=C1N[C@@H](c2ccc(-c3ccc(Cl)c(Cl)c3)o2)[C@H](C(=O)c2ccccc2)[C@@](O)(C(F)(F)F)N1. The fourth-order valence-electron chi connectivity index (χ4n) is 3.68. The third kappa shape index (κ3) is 4.19. The van der Waals surface area contributed by atoms with Gasteiger partial charge >= 0.3 is 12.2 Å². The van der Waals surface area contributed by atoms with Crippen LogP contribution in [0, 0.1) is 5.92 Å². The van der Waals surface area contributed by atoms with E-state index in [4.69, 9.17) is 27.6 Å². The molecule has 1 saturated heterocycles. The second-order valence-electron chi connectivity index (χ2n) is 7.38. The van der Waals surface area contributed by atoms with Gasteiger partial charge in [-0.3, -0.25) is 4.79 Å². The maximum Gasteiger partial charge on any atom is 0.437 e. The first kappa shape index (κ1) is 23.2. The molecular weight excluding hydrogens is 484 g/mol. The molecular formula is C22H15Cl2F3N2O4. The highest BCUT2D eigenvalue weighted by molar-refractivity contribution is 6.42. The van der Waals surface area contributed by atoms with Crippen molar-refractivity contribution in [1.29, 1.82) is 0 Å². The Hall–Kier alpha value is -3.01. The first-order valence-electron chi connectivity index (χ1n) is 9.53. The van der Waals surface area contributed by atoms with Crippen LogP contribution in [0.5, 0.6) is 0 Å². The summed E-state index contributed by atoms with van der Waals surface area (Å²) in [5.41, 5.74) is -3.46. The van der Waals surface area contributed by atoms with Crippen molar-refractivity contribution in [3.63, 3.8) is 0 Å². The molecule has 1 aliphatic rings. The Bertz CT molecular complexity index is 1220. The molecule has 0 spiro atoms. The van der Waals surface area contributed by atoms with E-state index in [2.05, 4.69) is 5.32 Å². The van der Waals surface area contributed by atoms with Crippen LogP contribution < -0.4 is 10.6 Å². The molecule has 3 N–H and O–H groups in total. The summed E-state index contributed by atoms with van der Waals surface area (Å²) in [5.74, 6) is -3.19. The van der Waals surface area contributed by atoms with Crippen LogP contribution in [0.25, 0.3) is 11.3 Å². The summed E-state index contributed by atoms with van der Waals surface area (Å²) in [4.78, 5) is 25.3. The van der Waals surface area contributed by atoms with Gasteiger partial charge in [0.2, 0.25) is 5.72 Å². The number of amides is 2. The van der Waals surface area contributed by atoms with Crippen LogP contribution in [0.15, 0.2) is 65.1 Å². The predicted octanol–water partition coefficient (Wildman–Crippen LogP) is 5.36. The van der Waals surface area contributed by atoms with Gasteiger partial charge in [-0.2, -0.15) is 13.2 Å². The Morgan fingerprint density at radius 2 is 1.73 bits per heavy atom. The van der Waals surface area contributed by atoms with E-state index in [1.54, 1.807) is 12.1 Å². The summed E-state index contributed by atoms with van der Waals surface area (Å²) in [6.45, 7) is 0. The molecule has 0 radical (unpaired) electrons. The highest BCUT2D eigenvalue weighted by Gasteiger charge is 2.66. The van der Waals surface area contributed by atoms with Gasteiger partial charge in [-0.1, -0.05) is 53.5 Å². The van der Waals surface area contributed by atoms with Crippen LogP contribution in [-0.4, -0.2) is 28.8 Å². The fraction of sp³-hybridized carbons (Fsp3) is 0.182. The minimum Gasteiger partial charge on any atom is -0.459 e. The quantitative estimate of drug-likeness (QED) is 0.422. The lowest BCUT2D eigenvalue weighted by molar-refractivity contribution is -0.288. The van der Waals surface area contributed by atoms with Gasteiger partial charge in [0.25, 0.3) is 0 Å². The van der Waals surface area contributed by atoms with Crippen molar-refractivity contribution in [3.8, 4) is 11.3 Å². The maximum absolute atomic E-state index is 14.0. The summed E-state index contributed by atoms with van der Waals surface area (Å²) in [6, 6.07) is 11.6. The molecule has 4 rings (SSSR count). The highest BCUT2D eigenvalue weighted by Crippen LogP contribution is 2.44. The molecule has 2 aromatic carbocycles. The van der Waals surface area contributed by atoms with Gasteiger partial charge < -0.3 is 20.2 Å². The van der Waals surface area contributed by atoms with E-state index in [1.807, 2.05) is 0 Å². The standard InChI is InChI=1S/C22H15Cl2F3N2O4/c23-13-7-6-12(10-14(13)24)15-8-9-16(33-15)18-17(19(30)11-4-2-1-3-5-11)21(32,22(25,26)27)29-20(31)28-18/h1-10,17-18,32H,(H2,28,29,31)/t17-,18+,21-/m1/s1. The van der Waals surface area contributed by atoms with Crippen molar-refractivity contribution in [1.82, 2.24) is 10.6 Å². The molecule has 11 heteroatoms. The third-order valence-electron chi connectivity index (χ3n) is 5.28. The minimum atomic E-state index is -5.36. The van der Waals surface area contributed by atoms with Crippen LogP contribution in [0.1, 0.15) is 22.2 Å². The molecule has 0 unspecified atom stereocenters. The zero-order valence-electron chi connectivity index (χ0n) is 16.5. The molecule has 3 atom stereocenters. The lowest BCUT2D eigenvalue weighted by Crippen LogP contribution is -2.72. The summed E-state index contributed by atoms with van der Waals surface area (Å²) in [6.07, 6.45) is -5.36. The molecule has 0 saturated carbocycles. The van der Waals surface area contributed by atoms with Crippen molar-refractivity contribution in [2.75, 3.05) is 0 Å². The average molecular weight is 499 g/mol. The first-order valence-corrected chi connectivity index (χ1v) is 10.3. The fourth-order valence-corrected chi connectivity index (χ4v) is 3.98. The molecule has 172 valence electrons. The predicted molar refractivity (Wildman–Crippen MR) is 114 cm³/mol. The van der Waals surface area contributed by atoms with E-state index < -0.39 is 35.7 Å². The number of nitrogens with one attached hydrogen (secondary N) is 2. The highest BCUT2D eigenvalue weighted by atomic mass is 35.5. The number of aliphatic hydroxyl groups is 1. The number of Topliss-reactive ketones (excluding diaryl/α,β-unsaturated/α-hetero) is 1. The van der Waals surface area contributed by atoms with E-state index >= 15 is 0 Å². The number of furan rings is 1. The molecule has 2 heterocycles. The van der Waals surface area contributed by atoms with Crippen LogP contribution in [0.3, 0.4) is 0 Å². The number of carbonyl (C=O) groups excluding carboxylic acids is 2. The maximum atomic E-state index is 14.0. The van der Waals surface area contributed by atoms with Crippen molar-refractivity contribution in [2.24, 2.45) is 5.92 Å². The Morgan fingerprint density at radius 1 is 1.03 bits per heavy atom. The van der Waals surface area contributed by atoms with Gasteiger partial charge in [0.15, 0.2) is 5.78 Å². The number of rotatable bonds is 4. The van der Waals surface area contributed by atoms with Crippen molar-refractivity contribution in [3.05, 3.63) is 82.0 Å². The van der Waals surface area contributed by atoms with Gasteiger partial charge in [0.1, 0.15) is 23.5 Å². The molecule has 3 aromatic rings. The molecule has 1 aliphatic heterocycles. The van der Waals surface area contributed by atoms with Crippen LogP contribution in [-0.2, 0) is 0 Å². The van der Waals surface area contributed by atoms with Crippen LogP contribution >= 0.6 is 23.2 Å². The van der Waals surface area contributed by atoms with E-state index in [-0.39, 0.29) is 22.1 Å². The van der Waals surface area contributed by atoms with Crippen molar-refractivity contribution in [2.45, 2.75) is 17.9 Å². The Balaban J connectivity index is 1.81. The first-order chi connectivity index (χ1) is 15.5. The van der Waals surface area contributed by atoms with Crippen molar-refractivity contribution < 1.29 is 32.3 Å². The summed E-state index contributed by atoms with van der Waals surface area (Å²) >= 11 is 11.9. The molecule has 33 heavy (non-hydrogen) atoms. The Kier molecular flexibility index (Phi) is 5.90. The van der Waals surface area contributed by atoms with Gasteiger partial charge in [-0.05, 0) is 30.3 Å². The van der Waals surface area contributed by atoms with Gasteiger partial charge in [-0.15, -0.1) is 0 Å². The van der Waals surface area contributed by atoms with Crippen LogP contribution in [0.2, 0.25) is 10.0 Å². The van der Waals surface area contributed by atoms with E-state index in [1.165, 1.54) is 53.8 Å². The average Bonchev–Trinajstić information content (AvgIpc) is 3.25. The smallest absolute Gasteiger partial charge is 0.437 e. The normalized spacial score (nSPS) is 23.0. The van der Waals surface area contributed by atoms with E-state index in [9.17, 15) is 27.9 Å². The molecule has 1 fully saturated rings.